The van der Waals surface area contributed by atoms with Crippen molar-refractivity contribution in [2.45, 2.75) is 13.8 Å². The molecule has 25 heavy (non-hydrogen) atoms. The van der Waals surface area contributed by atoms with Crippen molar-refractivity contribution in [3.05, 3.63) is 35.0 Å². The van der Waals surface area contributed by atoms with Crippen molar-refractivity contribution in [1.29, 1.82) is 0 Å². The van der Waals surface area contributed by atoms with Crippen LogP contribution in [0.3, 0.4) is 0 Å². The van der Waals surface area contributed by atoms with Crippen LogP contribution in [0, 0.1) is 6.92 Å². The van der Waals surface area contributed by atoms with E-state index in [1.807, 2.05) is 0 Å². The van der Waals surface area contributed by atoms with Gasteiger partial charge in [0.2, 0.25) is 5.91 Å². The number of amides is 1. The quantitative estimate of drug-likeness (QED) is 0.821. The van der Waals surface area contributed by atoms with Gasteiger partial charge in [0, 0.05) is 18.3 Å². The first kappa shape index (κ1) is 18.5. The second-order valence-corrected chi connectivity index (χ2v) is 5.35. The Bertz CT molecular complexity index is 741. The summed E-state index contributed by atoms with van der Waals surface area (Å²) in [5.41, 5.74) is 2.05. The molecule has 0 aliphatic carbocycles. The van der Waals surface area contributed by atoms with E-state index in [0.29, 0.717) is 16.9 Å². The Morgan fingerprint density at radius 2 is 1.84 bits per heavy atom. The summed E-state index contributed by atoms with van der Waals surface area (Å²) in [7, 11) is 2.46. The third-order valence-corrected chi connectivity index (χ3v) is 3.74. The number of anilines is 2. The van der Waals surface area contributed by atoms with Crippen LogP contribution in [0.25, 0.3) is 0 Å². The van der Waals surface area contributed by atoms with Gasteiger partial charge in [-0.1, -0.05) is 6.07 Å². The molecule has 1 heterocycles. The van der Waals surface area contributed by atoms with Gasteiger partial charge in [-0.2, -0.15) is 0 Å². The van der Waals surface area contributed by atoms with Crippen LogP contribution in [0.4, 0.5) is 11.4 Å². The highest BCUT2D eigenvalue weighted by molar-refractivity contribution is 6.03. The van der Waals surface area contributed by atoms with E-state index in [2.05, 4.69) is 5.32 Å². The van der Waals surface area contributed by atoms with Crippen LogP contribution in [-0.2, 0) is 28.6 Å². The van der Waals surface area contributed by atoms with Crippen molar-refractivity contribution in [3.63, 3.8) is 0 Å². The van der Waals surface area contributed by atoms with Gasteiger partial charge in [0.1, 0.15) is 12.4 Å². The molecule has 0 bridgehead atoms. The SMILES string of the molecule is COC(=O)C1=C(C(=O)OC)N(c2cccc(NC(C)=O)c2C)COC1. The largest absolute Gasteiger partial charge is 0.466 e. The molecule has 1 aliphatic rings. The van der Waals surface area contributed by atoms with Gasteiger partial charge in [-0.15, -0.1) is 0 Å². The first-order valence-electron chi connectivity index (χ1n) is 7.53. The van der Waals surface area contributed by atoms with Gasteiger partial charge in [0.25, 0.3) is 0 Å². The standard InChI is InChI=1S/C17H20N2O6/c1-10-13(18-11(2)20)6-5-7-14(10)19-9-25-8-12(16(21)23-3)15(19)17(22)24-4/h5-7H,8-9H2,1-4H3,(H,18,20). The Balaban J connectivity index is 2.58. The van der Waals surface area contributed by atoms with Crippen LogP contribution in [0.2, 0.25) is 0 Å². The smallest absolute Gasteiger partial charge is 0.355 e. The molecule has 0 fully saturated rings. The number of carbonyl (C=O) groups excluding carboxylic acids is 3. The molecule has 134 valence electrons. The van der Waals surface area contributed by atoms with Gasteiger partial charge >= 0.3 is 11.9 Å². The van der Waals surface area contributed by atoms with Gasteiger partial charge in [0.05, 0.1) is 26.4 Å². The minimum absolute atomic E-state index is 0.0509. The maximum absolute atomic E-state index is 12.3. The second-order valence-electron chi connectivity index (χ2n) is 5.35. The molecule has 1 aliphatic heterocycles. The Kier molecular flexibility index (Phi) is 5.76. The summed E-state index contributed by atoms with van der Waals surface area (Å²) in [6.45, 7) is 3.19. The average molecular weight is 348 g/mol. The number of methoxy groups -OCH3 is 2. The number of hydrogen-bond donors (Lipinski definition) is 1. The van der Waals surface area contributed by atoms with Gasteiger partial charge in [-0.05, 0) is 24.6 Å². The second kappa shape index (κ2) is 7.80. The van der Waals surface area contributed by atoms with Gasteiger partial charge < -0.3 is 24.4 Å². The fourth-order valence-electron chi connectivity index (χ4n) is 2.57. The van der Waals surface area contributed by atoms with Gasteiger partial charge in [0.15, 0.2) is 0 Å². The van der Waals surface area contributed by atoms with Crippen molar-refractivity contribution < 1.29 is 28.6 Å². The molecule has 8 nitrogen and oxygen atoms in total. The van der Waals surface area contributed by atoms with Crippen molar-refractivity contribution in [2.75, 3.05) is 37.8 Å². The lowest BCUT2D eigenvalue weighted by Crippen LogP contribution is -2.39. The Hall–Kier alpha value is -2.87. The molecule has 0 unspecified atom stereocenters. The average Bonchev–Trinajstić information content (AvgIpc) is 2.61. The molecular formula is C17H20N2O6. The summed E-state index contributed by atoms with van der Waals surface area (Å²) in [4.78, 5) is 37.2. The maximum atomic E-state index is 12.3. The molecule has 0 saturated carbocycles. The molecule has 0 radical (unpaired) electrons. The Morgan fingerprint density at radius 1 is 1.16 bits per heavy atom. The number of rotatable bonds is 4. The van der Waals surface area contributed by atoms with E-state index in [-0.39, 0.29) is 30.5 Å². The molecule has 0 saturated heterocycles. The lowest BCUT2D eigenvalue weighted by molar-refractivity contribution is -0.140. The first-order chi connectivity index (χ1) is 11.9. The molecule has 1 aromatic carbocycles. The van der Waals surface area contributed by atoms with Crippen LogP contribution < -0.4 is 10.2 Å². The number of carbonyl (C=O) groups is 3. The van der Waals surface area contributed by atoms with Gasteiger partial charge in [-0.25, -0.2) is 9.59 Å². The fourth-order valence-corrected chi connectivity index (χ4v) is 2.57. The van der Waals surface area contributed by atoms with Crippen molar-refractivity contribution >= 4 is 29.2 Å². The minimum Gasteiger partial charge on any atom is -0.466 e. The molecule has 0 atom stereocenters. The molecule has 0 aromatic heterocycles. The molecule has 2 rings (SSSR count). The summed E-state index contributed by atoms with van der Waals surface area (Å²) < 4.78 is 15.0. The van der Waals surface area contributed by atoms with E-state index in [0.717, 1.165) is 0 Å². The van der Waals surface area contributed by atoms with Gasteiger partial charge in [-0.3, -0.25) is 4.79 Å². The number of hydrogen-bond acceptors (Lipinski definition) is 7. The highest BCUT2D eigenvalue weighted by Gasteiger charge is 2.33. The summed E-state index contributed by atoms with van der Waals surface area (Å²) in [5, 5.41) is 2.73. The molecule has 8 heteroatoms. The third kappa shape index (κ3) is 3.80. The molecule has 0 spiro atoms. The predicted octanol–water partition coefficient (Wildman–Crippen LogP) is 1.35. The number of ether oxygens (including phenoxy) is 3. The van der Waals surface area contributed by atoms with E-state index in [1.54, 1.807) is 25.1 Å². The lowest BCUT2D eigenvalue weighted by atomic mass is 10.1. The van der Waals surface area contributed by atoms with E-state index in [4.69, 9.17) is 14.2 Å². The van der Waals surface area contributed by atoms with E-state index < -0.39 is 11.9 Å². The monoisotopic (exact) mass is 348 g/mol. The number of benzene rings is 1. The van der Waals surface area contributed by atoms with Crippen LogP contribution in [0.1, 0.15) is 12.5 Å². The normalized spacial score (nSPS) is 14.2. The van der Waals surface area contributed by atoms with Crippen LogP contribution in [0.15, 0.2) is 29.5 Å². The summed E-state index contributed by atoms with van der Waals surface area (Å²) >= 11 is 0. The van der Waals surface area contributed by atoms with E-state index >= 15 is 0 Å². The molecule has 1 amide bonds. The number of esters is 2. The Morgan fingerprint density at radius 3 is 2.44 bits per heavy atom. The van der Waals surface area contributed by atoms with Crippen LogP contribution in [-0.4, -0.2) is 45.4 Å². The zero-order chi connectivity index (χ0) is 18.6. The maximum Gasteiger partial charge on any atom is 0.355 e. The summed E-state index contributed by atoms with van der Waals surface area (Å²) in [6.07, 6.45) is 0. The zero-order valence-corrected chi connectivity index (χ0v) is 14.5. The van der Waals surface area contributed by atoms with E-state index in [9.17, 15) is 14.4 Å². The van der Waals surface area contributed by atoms with Crippen molar-refractivity contribution in [2.24, 2.45) is 0 Å². The number of nitrogens with one attached hydrogen (secondary N) is 1. The topological polar surface area (TPSA) is 94.2 Å². The zero-order valence-electron chi connectivity index (χ0n) is 14.5. The first-order valence-corrected chi connectivity index (χ1v) is 7.53. The highest BCUT2D eigenvalue weighted by atomic mass is 16.5. The Labute approximate surface area is 145 Å². The van der Waals surface area contributed by atoms with E-state index in [1.165, 1.54) is 26.0 Å². The minimum atomic E-state index is -0.673. The molecule has 1 N–H and O–H groups in total. The highest BCUT2D eigenvalue weighted by Crippen LogP contribution is 2.32. The summed E-state index contributed by atoms with van der Waals surface area (Å²) in [6, 6.07) is 5.23. The fraction of sp³-hybridized carbons (Fsp3) is 0.353. The third-order valence-electron chi connectivity index (χ3n) is 3.74. The molecule has 1 aromatic rings. The summed E-state index contributed by atoms with van der Waals surface area (Å²) in [5.74, 6) is -1.55. The van der Waals surface area contributed by atoms with Crippen LogP contribution >= 0.6 is 0 Å². The van der Waals surface area contributed by atoms with Crippen molar-refractivity contribution in [1.82, 2.24) is 0 Å². The number of nitrogens with zero attached hydrogens (tertiary/aromatic N) is 1. The lowest BCUT2D eigenvalue weighted by Gasteiger charge is -2.32. The van der Waals surface area contributed by atoms with Crippen molar-refractivity contribution in [3.8, 4) is 0 Å². The predicted molar refractivity (Wildman–Crippen MR) is 89.8 cm³/mol. The molecular weight excluding hydrogens is 328 g/mol. The van der Waals surface area contributed by atoms with Crippen LogP contribution in [0.5, 0.6) is 0 Å².